The fourth-order valence-corrected chi connectivity index (χ4v) is 2.84. The van der Waals surface area contributed by atoms with Crippen LogP contribution in [0.15, 0.2) is 16.8 Å². The number of nitrogens with one attached hydrogen (secondary N) is 2. The average molecular weight is 289 g/mol. The molecule has 5 heteroatoms. The molecule has 2 heterocycles. The van der Waals surface area contributed by atoms with Gasteiger partial charge in [-0.25, -0.2) is 0 Å². The second-order valence-electron chi connectivity index (χ2n) is 4.65. The largest absolute Gasteiger partial charge is 0.356 e. The van der Waals surface area contributed by atoms with Gasteiger partial charge in [-0.05, 0) is 60.7 Å². The van der Waals surface area contributed by atoms with Crippen LogP contribution in [0.3, 0.4) is 0 Å². The highest BCUT2D eigenvalue weighted by atomic mass is 35.5. The first-order valence-corrected chi connectivity index (χ1v) is 7.27. The first-order valence-electron chi connectivity index (χ1n) is 6.33. The van der Waals surface area contributed by atoms with Crippen LogP contribution in [0.25, 0.3) is 0 Å². The Morgan fingerprint density at radius 1 is 1.56 bits per heavy atom. The summed E-state index contributed by atoms with van der Waals surface area (Å²) in [6.07, 6.45) is 3.93. The predicted octanol–water partition coefficient (Wildman–Crippen LogP) is 2.22. The molecule has 1 atom stereocenters. The smallest absolute Gasteiger partial charge is 0.220 e. The van der Waals surface area contributed by atoms with Crippen LogP contribution in [0.5, 0.6) is 0 Å². The van der Waals surface area contributed by atoms with E-state index in [0.717, 1.165) is 26.1 Å². The van der Waals surface area contributed by atoms with Crippen molar-refractivity contribution in [1.29, 1.82) is 0 Å². The quantitative estimate of drug-likeness (QED) is 0.872. The minimum absolute atomic E-state index is 0. The van der Waals surface area contributed by atoms with Crippen LogP contribution in [0.4, 0.5) is 0 Å². The van der Waals surface area contributed by atoms with Crippen molar-refractivity contribution >= 4 is 29.7 Å². The number of amides is 1. The van der Waals surface area contributed by atoms with E-state index in [4.69, 9.17) is 0 Å². The lowest BCUT2D eigenvalue weighted by Gasteiger charge is -2.22. The second-order valence-corrected chi connectivity index (χ2v) is 5.43. The third-order valence-electron chi connectivity index (χ3n) is 3.21. The van der Waals surface area contributed by atoms with Crippen molar-refractivity contribution in [2.75, 3.05) is 19.6 Å². The van der Waals surface area contributed by atoms with Gasteiger partial charge in [-0.1, -0.05) is 0 Å². The minimum Gasteiger partial charge on any atom is -0.356 e. The van der Waals surface area contributed by atoms with Gasteiger partial charge < -0.3 is 10.6 Å². The van der Waals surface area contributed by atoms with Crippen molar-refractivity contribution in [3.8, 4) is 0 Å². The average Bonchev–Trinajstić information content (AvgIpc) is 2.88. The zero-order valence-corrected chi connectivity index (χ0v) is 12.1. The van der Waals surface area contributed by atoms with Gasteiger partial charge in [0, 0.05) is 13.0 Å². The first-order chi connectivity index (χ1) is 8.34. The van der Waals surface area contributed by atoms with E-state index in [-0.39, 0.29) is 18.3 Å². The number of thiophene rings is 1. The van der Waals surface area contributed by atoms with Crippen molar-refractivity contribution in [2.45, 2.75) is 25.7 Å². The number of rotatable bonds is 5. The van der Waals surface area contributed by atoms with Gasteiger partial charge in [0.2, 0.25) is 5.91 Å². The molecule has 102 valence electrons. The minimum atomic E-state index is 0. The van der Waals surface area contributed by atoms with Gasteiger partial charge in [-0.15, -0.1) is 12.4 Å². The van der Waals surface area contributed by atoms with Gasteiger partial charge in [0.15, 0.2) is 0 Å². The Labute approximate surface area is 119 Å². The molecule has 1 aromatic heterocycles. The second kappa shape index (κ2) is 8.51. The van der Waals surface area contributed by atoms with Crippen molar-refractivity contribution in [3.63, 3.8) is 0 Å². The van der Waals surface area contributed by atoms with Gasteiger partial charge in [0.05, 0.1) is 0 Å². The zero-order chi connectivity index (χ0) is 11.9. The maximum absolute atomic E-state index is 11.7. The van der Waals surface area contributed by atoms with E-state index in [1.54, 1.807) is 11.3 Å². The molecule has 1 saturated heterocycles. The van der Waals surface area contributed by atoms with E-state index in [1.165, 1.54) is 18.4 Å². The van der Waals surface area contributed by atoms with Crippen LogP contribution in [0, 0.1) is 5.92 Å². The first kappa shape index (κ1) is 15.5. The summed E-state index contributed by atoms with van der Waals surface area (Å²) in [4.78, 5) is 11.7. The zero-order valence-electron chi connectivity index (χ0n) is 10.5. The summed E-state index contributed by atoms with van der Waals surface area (Å²) < 4.78 is 0. The number of aryl methyl sites for hydroxylation is 1. The van der Waals surface area contributed by atoms with Gasteiger partial charge in [-0.3, -0.25) is 4.79 Å². The third kappa shape index (κ3) is 5.38. The number of hydrogen-bond donors (Lipinski definition) is 2. The standard InChI is InChI=1S/C13H20N2OS.ClH/c16-13(4-3-11-5-7-17-10-11)15-9-12-2-1-6-14-8-12;/h5,7,10,12,14H,1-4,6,8-9H2,(H,15,16);1H. The Balaban J connectivity index is 0.00000162. The number of carbonyl (C=O) groups is 1. The van der Waals surface area contributed by atoms with Crippen LogP contribution in [0.1, 0.15) is 24.8 Å². The van der Waals surface area contributed by atoms with Crippen molar-refractivity contribution < 1.29 is 4.79 Å². The van der Waals surface area contributed by atoms with Gasteiger partial charge in [0.25, 0.3) is 0 Å². The number of halogens is 1. The maximum Gasteiger partial charge on any atom is 0.220 e. The summed E-state index contributed by atoms with van der Waals surface area (Å²) in [6, 6.07) is 2.09. The molecule has 2 N–H and O–H groups in total. The van der Waals surface area contributed by atoms with Crippen molar-refractivity contribution in [3.05, 3.63) is 22.4 Å². The molecule has 1 aromatic rings. The summed E-state index contributed by atoms with van der Waals surface area (Å²) >= 11 is 1.69. The van der Waals surface area contributed by atoms with Crippen LogP contribution in [-0.2, 0) is 11.2 Å². The molecule has 0 saturated carbocycles. The molecular weight excluding hydrogens is 268 g/mol. The molecule has 0 aliphatic carbocycles. The Hall–Kier alpha value is -0.580. The number of carbonyl (C=O) groups excluding carboxylic acids is 1. The Morgan fingerprint density at radius 3 is 3.11 bits per heavy atom. The summed E-state index contributed by atoms with van der Waals surface area (Å²) in [7, 11) is 0. The van der Waals surface area contributed by atoms with E-state index in [2.05, 4.69) is 27.5 Å². The molecule has 2 rings (SSSR count). The van der Waals surface area contributed by atoms with Crippen LogP contribution in [-0.4, -0.2) is 25.5 Å². The Kier molecular flexibility index (Phi) is 7.32. The molecule has 1 aliphatic rings. The van der Waals surface area contributed by atoms with Crippen molar-refractivity contribution in [2.24, 2.45) is 5.92 Å². The highest BCUT2D eigenvalue weighted by Crippen LogP contribution is 2.10. The van der Waals surface area contributed by atoms with E-state index < -0.39 is 0 Å². The predicted molar refractivity (Wildman–Crippen MR) is 78.5 cm³/mol. The van der Waals surface area contributed by atoms with E-state index >= 15 is 0 Å². The van der Waals surface area contributed by atoms with Gasteiger partial charge >= 0.3 is 0 Å². The number of piperidine rings is 1. The SMILES string of the molecule is Cl.O=C(CCc1ccsc1)NCC1CCCNC1. The normalized spacial score (nSPS) is 19.0. The third-order valence-corrected chi connectivity index (χ3v) is 3.94. The monoisotopic (exact) mass is 288 g/mol. The van der Waals surface area contributed by atoms with E-state index in [9.17, 15) is 4.79 Å². The molecule has 3 nitrogen and oxygen atoms in total. The lowest BCUT2D eigenvalue weighted by Crippen LogP contribution is -2.38. The molecule has 0 bridgehead atoms. The molecule has 1 aliphatic heterocycles. The molecule has 1 amide bonds. The topological polar surface area (TPSA) is 41.1 Å². The molecule has 1 unspecified atom stereocenters. The van der Waals surface area contributed by atoms with E-state index in [0.29, 0.717) is 12.3 Å². The summed E-state index contributed by atoms with van der Waals surface area (Å²) in [5, 5.41) is 10.6. The fourth-order valence-electron chi connectivity index (χ4n) is 2.14. The molecule has 1 fully saturated rings. The molecule has 18 heavy (non-hydrogen) atoms. The van der Waals surface area contributed by atoms with E-state index in [1.807, 2.05) is 0 Å². The molecule has 0 radical (unpaired) electrons. The summed E-state index contributed by atoms with van der Waals surface area (Å²) in [5.41, 5.74) is 1.27. The van der Waals surface area contributed by atoms with Crippen LogP contribution >= 0.6 is 23.7 Å². The Morgan fingerprint density at radius 2 is 2.44 bits per heavy atom. The number of hydrogen-bond acceptors (Lipinski definition) is 3. The summed E-state index contributed by atoms with van der Waals surface area (Å²) in [6.45, 7) is 3.00. The van der Waals surface area contributed by atoms with Crippen LogP contribution in [0.2, 0.25) is 0 Å². The lowest BCUT2D eigenvalue weighted by molar-refractivity contribution is -0.121. The van der Waals surface area contributed by atoms with Gasteiger partial charge in [0.1, 0.15) is 0 Å². The molecule has 0 aromatic carbocycles. The fraction of sp³-hybridized carbons (Fsp3) is 0.615. The highest BCUT2D eigenvalue weighted by molar-refractivity contribution is 7.07. The molecular formula is C13H21ClN2OS. The lowest BCUT2D eigenvalue weighted by atomic mass is 10.00. The maximum atomic E-state index is 11.7. The van der Waals surface area contributed by atoms with Gasteiger partial charge in [-0.2, -0.15) is 11.3 Å². The Bertz CT molecular complexity index is 337. The summed E-state index contributed by atoms with van der Waals surface area (Å²) in [5.74, 6) is 0.802. The molecule has 0 spiro atoms. The highest BCUT2D eigenvalue weighted by Gasteiger charge is 2.13. The van der Waals surface area contributed by atoms with Crippen molar-refractivity contribution in [1.82, 2.24) is 10.6 Å². The van der Waals surface area contributed by atoms with Crippen LogP contribution < -0.4 is 10.6 Å².